The third-order valence-electron chi connectivity index (χ3n) is 1.72. The van der Waals surface area contributed by atoms with Crippen molar-refractivity contribution in [3.05, 3.63) is 23.8 Å². The second-order valence-corrected chi connectivity index (χ2v) is 3.30. The minimum absolute atomic E-state index is 0. The van der Waals surface area contributed by atoms with E-state index in [1.807, 2.05) is 40.0 Å². The molecule has 0 bridgehead atoms. The molecule has 3 nitrogen and oxygen atoms in total. The van der Waals surface area contributed by atoms with Crippen molar-refractivity contribution >= 4 is 11.0 Å². The summed E-state index contributed by atoms with van der Waals surface area (Å²) in [6, 6.07) is 1.99. The van der Waals surface area contributed by atoms with Gasteiger partial charge in [-0.1, -0.05) is 34.1 Å². The van der Waals surface area contributed by atoms with Crippen LogP contribution in [-0.4, -0.2) is 15.0 Å². The van der Waals surface area contributed by atoms with E-state index in [-0.39, 0.29) is 1.43 Å². The van der Waals surface area contributed by atoms with Crippen molar-refractivity contribution in [2.75, 3.05) is 0 Å². The van der Waals surface area contributed by atoms with Crippen molar-refractivity contribution in [2.45, 2.75) is 48.0 Å². The quantitative estimate of drug-likeness (QED) is 0.725. The lowest BCUT2D eigenvalue weighted by Gasteiger charge is -1.95. The highest BCUT2D eigenvalue weighted by Gasteiger charge is 2.00. The molecule has 2 aromatic heterocycles. The Morgan fingerprint density at radius 3 is 2.31 bits per heavy atom. The normalized spacial score (nSPS) is 8.88. The molecule has 0 aromatic carbocycles. The molecule has 0 unspecified atom stereocenters. The maximum absolute atomic E-state index is 4.24. The van der Waals surface area contributed by atoms with E-state index in [1.54, 1.807) is 0 Å². The first-order chi connectivity index (χ1) is 7.69. The zero-order valence-corrected chi connectivity index (χ0v) is 11.3. The lowest BCUT2D eigenvalue weighted by molar-refractivity contribution is 1.04. The Morgan fingerprint density at radius 1 is 1.19 bits per heavy atom. The number of nitrogens with zero attached hydrogens (tertiary/aromatic N) is 2. The summed E-state index contributed by atoms with van der Waals surface area (Å²) in [6.45, 7) is 12.1. The van der Waals surface area contributed by atoms with Crippen molar-refractivity contribution in [3.63, 3.8) is 0 Å². The highest BCUT2D eigenvalue weighted by molar-refractivity contribution is 5.77. The summed E-state index contributed by atoms with van der Waals surface area (Å²) >= 11 is 0. The molecule has 0 saturated carbocycles. The molecule has 0 aliphatic carbocycles. The lowest BCUT2D eigenvalue weighted by Crippen LogP contribution is -1.90. The van der Waals surface area contributed by atoms with Crippen LogP contribution < -0.4 is 0 Å². The van der Waals surface area contributed by atoms with Crippen molar-refractivity contribution in [1.82, 2.24) is 15.0 Å². The Kier molecular flexibility index (Phi) is 7.18. The van der Waals surface area contributed by atoms with Crippen molar-refractivity contribution in [1.29, 1.82) is 0 Å². The van der Waals surface area contributed by atoms with Crippen LogP contribution in [0.3, 0.4) is 0 Å². The molecule has 92 valence electrons. The first-order valence-corrected chi connectivity index (χ1v) is 5.97. The average molecular weight is 223 g/mol. The summed E-state index contributed by atoms with van der Waals surface area (Å²) in [4.78, 5) is 11.5. The minimum atomic E-state index is 0. The Bertz CT molecular complexity index is 410. The highest BCUT2D eigenvalue weighted by Crippen LogP contribution is 2.12. The number of hydrogen-bond donors (Lipinski definition) is 1. The van der Waals surface area contributed by atoms with E-state index < -0.39 is 0 Å². The molecule has 2 heterocycles. The molecule has 0 amide bonds. The van der Waals surface area contributed by atoms with Crippen LogP contribution in [-0.2, 0) is 0 Å². The van der Waals surface area contributed by atoms with Crippen LogP contribution in [0, 0.1) is 13.8 Å². The van der Waals surface area contributed by atoms with E-state index >= 15 is 0 Å². The Morgan fingerprint density at radius 2 is 1.75 bits per heavy atom. The minimum Gasteiger partial charge on any atom is -0.346 e. The number of H-pyrrole nitrogens is 1. The monoisotopic (exact) mass is 223 g/mol. The largest absolute Gasteiger partial charge is 0.346 e. The zero-order valence-electron chi connectivity index (χ0n) is 11.3. The van der Waals surface area contributed by atoms with E-state index in [0.29, 0.717) is 0 Å². The Balaban J connectivity index is 0. The molecule has 16 heavy (non-hydrogen) atoms. The molecule has 0 aliphatic rings. The smallest absolute Gasteiger partial charge is 0.141 e. The summed E-state index contributed by atoms with van der Waals surface area (Å²) in [6.07, 6.45) is 3.13. The standard InChI is InChI=1S/C8H9N3.C3H8.C2H6.H2/c1-5-7-3-4-9-8(7)11-6(2)10-5;1-3-2;1-2;/h3-4H,1-2H3,(H,9,10,11);3H2,1-2H3;1-2H3;1H. The fourth-order valence-corrected chi connectivity index (χ4v) is 1.23. The molecule has 0 atom stereocenters. The summed E-state index contributed by atoms with van der Waals surface area (Å²) in [5, 5.41) is 1.11. The number of fused-ring (bicyclic) bond motifs is 1. The average Bonchev–Trinajstić information content (AvgIpc) is 2.70. The molecule has 0 radical (unpaired) electrons. The van der Waals surface area contributed by atoms with Gasteiger partial charge in [-0.2, -0.15) is 0 Å². The number of aryl methyl sites for hydroxylation is 2. The van der Waals surface area contributed by atoms with Gasteiger partial charge < -0.3 is 4.98 Å². The van der Waals surface area contributed by atoms with Crippen LogP contribution >= 0.6 is 0 Å². The molecule has 2 rings (SSSR count). The van der Waals surface area contributed by atoms with E-state index in [1.165, 1.54) is 6.42 Å². The molecule has 1 N–H and O–H groups in total. The van der Waals surface area contributed by atoms with E-state index in [2.05, 4.69) is 28.8 Å². The molecule has 0 spiro atoms. The first-order valence-electron chi connectivity index (χ1n) is 5.97. The van der Waals surface area contributed by atoms with Gasteiger partial charge in [-0.25, -0.2) is 9.97 Å². The van der Waals surface area contributed by atoms with Crippen molar-refractivity contribution < 1.29 is 1.43 Å². The lowest BCUT2D eigenvalue weighted by atomic mass is 10.3. The van der Waals surface area contributed by atoms with Crippen LogP contribution in [0.15, 0.2) is 12.3 Å². The maximum Gasteiger partial charge on any atom is 0.141 e. The molecular weight excluding hydrogens is 198 g/mol. The van der Waals surface area contributed by atoms with Crippen LogP contribution in [0.1, 0.15) is 47.1 Å². The zero-order chi connectivity index (χ0) is 12.6. The van der Waals surface area contributed by atoms with Gasteiger partial charge in [-0.05, 0) is 19.9 Å². The number of nitrogens with one attached hydrogen (secondary N) is 1. The fraction of sp³-hybridized carbons (Fsp3) is 0.538. The van der Waals surface area contributed by atoms with Gasteiger partial charge in [0.1, 0.15) is 11.5 Å². The van der Waals surface area contributed by atoms with Gasteiger partial charge in [0.25, 0.3) is 0 Å². The van der Waals surface area contributed by atoms with Gasteiger partial charge in [0.05, 0.1) is 5.69 Å². The highest BCUT2D eigenvalue weighted by atomic mass is 14.9. The third-order valence-corrected chi connectivity index (χ3v) is 1.72. The maximum atomic E-state index is 4.24. The number of aromatic nitrogens is 3. The SMILES string of the molecule is CC.CCC.Cc1nc(C)c2cc[nH]c2n1.[HH]. The van der Waals surface area contributed by atoms with Gasteiger partial charge >= 0.3 is 0 Å². The molecule has 0 fully saturated rings. The Hall–Kier alpha value is -1.38. The predicted octanol–water partition coefficient (Wildman–Crippen LogP) is 4.26. The predicted molar refractivity (Wildman–Crippen MR) is 72.8 cm³/mol. The van der Waals surface area contributed by atoms with Crippen LogP contribution in [0.2, 0.25) is 0 Å². The summed E-state index contributed by atoms with van der Waals surface area (Å²) in [7, 11) is 0. The topological polar surface area (TPSA) is 41.6 Å². The van der Waals surface area contributed by atoms with Crippen LogP contribution in [0.4, 0.5) is 0 Å². The van der Waals surface area contributed by atoms with Crippen molar-refractivity contribution in [3.8, 4) is 0 Å². The van der Waals surface area contributed by atoms with Gasteiger partial charge in [-0.3, -0.25) is 0 Å². The Labute approximate surface area is 99.8 Å². The van der Waals surface area contributed by atoms with Crippen molar-refractivity contribution in [2.24, 2.45) is 0 Å². The number of rotatable bonds is 0. The third kappa shape index (κ3) is 4.01. The summed E-state index contributed by atoms with van der Waals surface area (Å²) in [5.74, 6) is 0.817. The number of hydrogen-bond acceptors (Lipinski definition) is 2. The fourth-order valence-electron chi connectivity index (χ4n) is 1.23. The van der Waals surface area contributed by atoms with Gasteiger partial charge in [-0.15, -0.1) is 0 Å². The second-order valence-electron chi connectivity index (χ2n) is 3.30. The molecule has 0 aliphatic heterocycles. The van der Waals surface area contributed by atoms with Gasteiger partial charge in [0.2, 0.25) is 0 Å². The second kappa shape index (κ2) is 7.85. The summed E-state index contributed by atoms with van der Waals surface area (Å²) < 4.78 is 0. The molecule has 3 heteroatoms. The first kappa shape index (κ1) is 14.6. The van der Waals surface area contributed by atoms with Crippen LogP contribution in [0.25, 0.3) is 11.0 Å². The van der Waals surface area contributed by atoms with E-state index in [9.17, 15) is 0 Å². The summed E-state index contributed by atoms with van der Waals surface area (Å²) in [5.41, 5.74) is 1.96. The molecule has 2 aromatic rings. The van der Waals surface area contributed by atoms with E-state index in [0.717, 1.165) is 22.6 Å². The number of aromatic amines is 1. The van der Waals surface area contributed by atoms with Crippen LogP contribution in [0.5, 0.6) is 0 Å². The van der Waals surface area contributed by atoms with E-state index in [4.69, 9.17) is 0 Å². The van der Waals surface area contributed by atoms with Gasteiger partial charge in [0.15, 0.2) is 0 Å². The molecular formula is C13H25N3. The van der Waals surface area contributed by atoms with Gasteiger partial charge in [0, 0.05) is 13.0 Å². The molecule has 0 saturated heterocycles.